The van der Waals surface area contributed by atoms with Crippen LogP contribution in [0.4, 0.5) is 20.5 Å². The average Bonchev–Trinajstić information content (AvgIpc) is 2.70. The van der Waals surface area contributed by atoms with Gasteiger partial charge >= 0.3 is 0 Å². The molecule has 3 N–H and O–H groups in total. The summed E-state index contributed by atoms with van der Waals surface area (Å²) in [5.74, 6) is -2.25. The molecule has 0 radical (unpaired) electrons. The number of aliphatic hydroxyl groups is 1. The van der Waals surface area contributed by atoms with Crippen LogP contribution in [-0.2, 0) is 6.54 Å². The molecule has 160 valence electrons. The van der Waals surface area contributed by atoms with Crippen molar-refractivity contribution in [3.63, 3.8) is 0 Å². The van der Waals surface area contributed by atoms with Gasteiger partial charge in [0.05, 0.1) is 12.3 Å². The molecule has 0 unspecified atom stereocenters. The minimum atomic E-state index is -2.97. The van der Waals surface area contributed by atoms with Gasteiger partial charge in [-0.3, -0.25) is 0 Å². The molecule has 2 heterocycles. The Hall–Kier alpha value is -3.06. The highest BCUT2D eigenvalue weighted by Gasteiger charge is 2.47. The van der Waals surface area contributed by atoms with Crippen LogP contribution >= 0.6 is 0 Å². The van der Waals surface area contributed by atoms with Crippen molar-refractivity contribution in [2.75, 3.05) is 17.2 Å². The first-order valence-electron chi connectivity index (χ1n) is 9.50. The van der Waals surface area contributed by atoms with Gasteiger partial charge in [-0.2, -0.15) is 10.2 Å². The summed E-state index contributed by atoms with van der Waals surface area (Å²) in [5, 5.41) is 25.5. The van der Waals surface area contributed by atoms with E-state index in [2.05, 4.69) is 25.6 Å². The number of alkyl halides is 2. The van der Waals surface area contributed by atoms with Gasteiger partial charge in [-0.1, -0.05) is 19.9 Å². The maximum atomic E-state index is 13.1. The Balaban J connectivity index is 1.70. The van der Waals surface area contributed by atoms with E-state index in [0.717, 1.165) is 6.92 Å². The molecule has 2 aromatic heterocycles. The Kier molecular flexibility index (Phi) is 6.03. The van der Waals surface area contributed by atoms with Gasteiger partial charge in [-0.25, -0.2) is 18.7 Å². The highest BCUT2D eigenvalue weighted by Crippen LogP contribution is 2.42. The first-order chi connectivity index (χ1) is 14.1. The number of hydrogen-bond donors (Lipinski definition) is 3. The lowest BCUT2D eigenvalue weighted by atomic mass is 9.64. The van der Waals surface area contributed by atoms with Crippen molar-refractivity contribution in [1.29, 1.82) is 5.26 Å². The standard InChI is InChI=1S/C20H24F2N6O2/c1-19(2)14(7-15(19)29)27-16-13(8-23)10-26-18(28-16)25-9-12-5-4-6-24-17(12)30-11-20(3,21)22/h4-6,10,14-15,29H,7,9,11H2,1-3H3,(H2,25,26,27,28)/t14-,15+/m0/s1. The summed E-state index contributed by atoms with van der Waals surface area (Å²) in [7, 11) is 0. The molecule has 0 saturated heterocycles. The van der Waals surface area contributed by atoms with E-state index in [-0.39, 0.29) is 35.4 Å². The number of halogens is 2. The van der Waals surface area contributed by atoms with Gasteiger partial charge in [-0.15, -0.1) is 0 Å². The zero-order chi connectivity index (χ0) is 21.9. The largest absolute Gasteiger partial charge is 0.471 e. The van der Waals surface area contributed by atoms with Crippen molar-refractivity contribution in [2.24, 2.45) is 5.41 Å². The molecule has 0 aliphatic heterocycles. The van der Waals surface area contributed by atoms with Crippen LogP contribution in [0, 0.1) is 16.7 Å². The molecule has 0 bridgehead atoms. The first-order valence-corrected chi connectivity index (χ1v) is 9.50. The second-order valence-electron chi connectivity index (χ2n) is 8.02. The van der Waals surface area contributed by atoms with E-state index in [1.165, 1.54) is 12.4 Å². The number of nitrogens with one attached hydrogen (secondary N) is 2. The van der Waals surface area contributed by atoms with Crippen LogP contribution in [0.15, 0.2) is 24.5 Å². The highest BCUT2D eigenvalue weighted by molar-refractivity contribution is 5.54. The van der Waals surface area contributed by atoms with Crippen LogP contribution in [-0.4, -0.2) is 44.7 Å². The van der Waals surface area contributed by atoms with E-state index in [1.807, 2.05) is 19.9 Å². The number of pyridine rings is 1. The van der Waals surface area contributed by atoms with Crippen LogP contribution in [0.2, 0.25) is 0 Å². The predicted octanol–water partition coefficient (Wildman–Crippen LogP) is 2.96. The monoisotopic (exact) mass is 418 g/mol. The number of aromatic nitrogens is 3. The summed E-state index contributed by atoms with van der Waals surface area (Å²) >= 11 is 0. The maximum absolute atomic E-state index is 13.1. The Morgan fingerprint density at radius 1 is 1.40 bits per heavy atom. The molecule has 1 saturated carbocycles. The lowest BCUT2D eigenvalue weighted by molar-refractivity contribution is -0.0511. The van der Waals surface area contributed by atoms with E-state index >= 15 is 0 Å². The van der Waals surface area contributed by atoms with Crippen LogP contribution in [0.3, 0.4) is 0 Å². The van der Waals surface area contributed by atoms with Crippen molar-refractivity contribution in [1.82, 2.24) is 15.0 Å². The fourth-order valence-corrected chi connectivity index (χ4v) is 3.03. The molecule has 30 heavy (non-hydrogen) atoms. The Labute approximate surface area is 173 Å². The number of rotatable bonds is 8. The van der Waals surface area contributed by atoms with Crippen LogP contribution < -0.4 is 15.4 Å². The Morgan fingerprint density at radius 3 is 2.80 bits per heavy atom. The van der Waals surface area contributed by atoms with Gasteiger partial charge in [-0.05, 0) is 12.5 Å². The summed E-state index contributed by atoms with van der Waals surface area (Å²) in [5.41, 5.74) is 0.509. The number of ether oxygens (including phenoxy) is 1. The quantitative estimate of drug-likeness (QED) is 0.599. The summed E-state index contributed by atoms with van der Waals surface area (Å²) in [6.45, 7) is 4.07. The Bertz CT molecular complexity index is 942. The topological polar surface area (TPSA) is 116 Å². The number of nitrogens with zero attached hydrogens (tertiary/aromatic N) is 4. The van der Waals surface area contributed by atoms with Crippen LogP contribution in [0.25, 0.3) is 0 Å². The summed E-state index contributed by atoms with van der Waals surface area (Å²) in [4.78, 5) is 12.5. The van der Waals surface area contributed by atoms with Gasteiger partial charge in [0, 0.05) is 36.7 Å². The van der Waals surface area contributed by atoms with Crippen molar-refractivity contribution in [2.45, 2.75) is 51.8 Å². The number of anilines is 2. The number of aliphatic hydroxyl groups excluding tert-OH is 1. The van der Waals surface area contributed by atoms with Gasteiger partial charge in [0.2, 0.25) is 11.8 Å². The lowest BCUT2D eigenvalue weighted by Crippen LogP contribution is -2.57. The van der Waals surface area contributed by atoms with Gasteiger partial charge < -0.3 is 20.5 Å². The van der Waals surface area contributed by atoms with E-state index in [0.29, 0.717) is 17.8 Å². The van der Waals surface area contributed by atoms with Crippen LogP contribution in [0.1, 0.15) is 38.3 Å². The van der Waals surface area contributed by atoms with E-state index < -0.39 is 18.6 Å². The zero-order valence-electron chi connectivity index (χ0n) is 17.0. The van der Waals surface area contributed by atoms with Crippen molar-refractivity contribution in [3.05, 3.63) is 35.7 Å². The molecule has 2 atom stereocenters. The average molecular weight is 418 g/mol. The maximum Gasteiger partial charge on any atom is 0.278 e. The summed E-state index contributed by atoms with van der Waals surface area (Å²) in [6, 6.07) is 5.39. The lowest BCUT2D eigenvalue weighted by Gasteiger charge is -2.49. The molecular formula is C20H24F2N6O2. The fourth-order valence-electron chi connectivity index (χ4n) is 3.03. The minimum absolute atomic E-state index is 0.0311. The zero-order valence-corrected chi connectivity index (χ0v) is 17.0. The Morgan fingerprint density at radius 2 is 2.17 bits per heavy atom. The fraction of sp³-hybridized carbons (Fsp3) is 0.500. The molecule has 2 aromatic rings. The minimum Gasteiger partial charge on any atom is -0.471 e. The third-order valence-electron chi connectivity index (χ3n) is 5.19. The summed E-state index contributed by atoms with van der Waals surface area (Å²) in [6.07, 6.45) is 3.00. The number of nitriles is 1. The SMILES string of the molecule is CC(F)(F)COc1ncccc1CNc1ncc(C#N)c(N[C@H]2C[C@@H](O)C2(C)C)n1. The molecule has 0 spiro atoms. The third-order valence-corrected chi connectivity index (χ3v) is 5.19. The van der Waals surface area contributed by atoms with Gasteiger partial charge in [0.25, 0.3) is 5.92 Å². The van der Waals surface area contributed by atoms with E-state index in [4.69, 9.17) is 4.74 Å². The van der Waals surface area contributed by atoms with Crippen molar-refractivity contribution >= 4 is 11.8 Å². The molecule has 1 aliphatic rings. The molecule has 1 fully saturated rings. The number of hydrogen-bond acceptors (Lipinski definition) is 8. The van der Waals surface area contributed by atoms with Crippen molar-refractivity contribution < 1.29 is 18.6 Å². The highest BCUT2D eigenvalue weighted by atomic mass is 19.3. The molecule has 10 heteroatoms. The molecule has 8 nitrogen and oxygen atoms in total. The van der Waals surface area contributed by atoms with E-state index in [9.17, 15) is 19.1 Å². The predicted molar refractivity (Wildman–Crippen MR) is 106 cm³/mol. The first kappa shape index (κ1) is 21.6. The molecule has 0 amide bonds. The molecule has 1 aliphatic carbocycles. The van der Waals surface area contributed by atoms with Crippen LogP contribution in [0.5, 0.6) is 5.88 Å². The molecule has 3 rings (SSSR count). The van der Waals surface area contributed by atoms with Crippen molar-refractivity contribution in [3.8, 4) is 11.9 Å². The molecular weight excluding hydrogens is 394 g/mol. The second kappa shape index (κ2) is 8.36. The normalized spacial score (nSPS) is 20.0. The van der Waals surface area contributed by atoms with Gasteiger partial charge in [0.1, 0.15) is 17.5 Å². The smallest absolute Gasteiger partial charge is 0.278 e. The van der Waals surface area contributed by atoms with E-state index in [1.54, 1.807) is 12.1 Å². The van der Waals surface area contributed by atoms with Gasteiger partial charge in [0.15, 0.2) is 6.61 Å². The summed E-state index contributed by atoms with van der Waals surface area (Å²) < 4.78 is 31.3. The third kappa shape index (κ3) is 4.91. The molecule has 0 aromatic carbocycles. The second-order valence-corrected chi connectivity index (χ2v) is 8.02.